The maximum atomic E-state index is 12.1. The third-order valence-electron chi connectivity index (χ3n) is 2.59. The molecule has 2 N–H and O–H groups in total. The molecule has 0 heterocycles. The molecule has 0 aliphatic carbocycles. The molecule has 2 atom stereocenters. The molecular formula is C11H13BrNO6S2-. The van der Waals surface area contributed by atoms with Gasteiger partial charge in [0.1, 0.15) is 0 Å². The maximum Gasteiger partial charge on any atom is 0.266 e. The molecule has 0 aliphatic rings. The van der Waals surface area contributed by atoms with Crippen molar-refractivity contribution in [1.29, 1.82) is 0 Å². The molecule has 0 aromatic heterocycles. The monoisotopic (exact) mass is 398 g/mol. The van der Waals surface area contributed by atoms with Gasteiger partial charge in [0.15, 0.2) is 3.66 Å². The molecule has 0 spiro atoms. The number of carbonyl (C=O) groups is 1. The minimum absolute atomic E-state index is 0.186. The van der Waals surface area contributed by atoms with Crippen LogP contribution in [0.4, 0.5) is 0 Å². The fraction of sp³-hybridized carbons (Fsp3) is 0.364. The number of amides is 1. The first-order chi connectivity index (χ1) is 9.57. The van der Waals surface area contributed by atoms with E-state index >= 15 is 0 Å². The molecule has 0 fully saturated rings. The van der Waals surface area contributed by atoms with E-state index in [0.29, 0.717) is 0 Å². The van der Waals surface area contributed by atoms with Crippen LogP contribution in [0.1, 0.15) is 11.1 Å². The number of carbonyl (C=O) groups excluding carboxylic acids is 1. The van der Waals surface area contributed by atoms with Crippen LogP contribution in [0.25, 0.3) is 0 Å². The van der Waals surface area contributed by atoms with Gasteiger partial charge in [-0.1, -0.05) is 45.8 Å². The summed E-state index contributed by atoms with van der Waals surface area (Å²) >= 11 is 0.0534. The molecule has 0 radical (unpaired) electrons. The summed E-state index contributed by atoms with van der Waals surface area (Å²) in [5.41, 5.74) is 1.07. The van der Waals surface area contributed by atoms with Crippen LogP contribution in [-0.4, -0.2) is 39.9 Å². The Morgan fingerprint density at radius 2 is 1.95 bits per heavy atom. The summed E-state index contributed by atoms with van der Waals surface area (Å²) in [6.45, 7) is 1.40. The van der Waals surface area contributed by atoms with Gasteiger partial charge in [0.2, 0.25) is 0 Å². The summed E-state index contributed by atoms with van der Waals surface area (Å²) in [6, 6.07) is 6.23. The second-order valence-corrected chi connectivity index (χ2v) is 8.61. The average molecular weight is 399 g/mol. The fourth-order valence-corrected chi connectivity index (χ4v) is 2.79. The van der Waals surface area contributed by atoms with Crippen LogP contribution in [0, 0.1) is 6.92 Å². The molecule has 1 aromatic rings. The molecule has 1 rings (SSSR count). The number of hydrogen-bond donors (Lipinski definition) is 2. The number of nitrogens with one attached hydrogen (secondary N) is 1. The van der Waals surface area contributed by atoms with Gasteiger partial charge in [0, 0.05) is 6.54 Å². The Morgan fingerprint density at radius 3 is 2.38 bits per heavy atom. The highest BCUT2D eigenvalue weighted by Gasteiger charge is 2.39. The number of aryl methyl sites for hydroxylation is 1. The van der Waals surface area contributed by atoms with Gasteiger partial charge in [0.25, 0.3) is 16.0 Å². The fourth-order valence-electron chi connectivity index (χ4n) is 1.48. The van der Waals surface area contributed by atoms with Gasteiger partial charge in [-0.15, -0.1) is 0 Å². The number of alkyl halides is 1. The molecule has 1 amide bonds. The molecule has 10 heteroatoms. The van der Waals surface area contributed by atoms with Crippen LogP contribution in [0.3, 0.4) is 0 Å². The van der Waals surface area contributed by atoms with E-state index in [1.54, 1.807) is 19.1 Å². The van der Waals surface area contributed by atoms with Crippen molar-refractivity contribution >= 4 is 43.0 Å². The van der Waals surface area contributed by atoms with Gasteiger partial charge in [-0.3, -0.25) is 13.6 Å². The van der Waals surface area contributed by atoms with E-state index in [1.807, 2.05) is 0 Å². The molecule has 118 valence electrons. The topological polar surface area (TPSA) is 124 Å². The molecular weight excluding hydrogens is 386 g/mol. The number of halogens is 1. The summed E-state index contributed by atoms with van der Waals surface area (Å²) in [5.74, 6) is -1.65. The number of benzene rings is 1. The molecule has 0 aliphatic heterocycles. The summed E-state index contributed by atoms with van der Waals surface area (Å²) in [6.07, 6.45) is 0. The SMILES string of the molecule is Cc1ccc(C(Br)(C(=O)NCCS(=O)(=O)O)S(=O)[O-])cc1. The van der Waals surface area contributed by atoms with Crippen molar-refractivity contribution < 1.29 is 26.5 Å². The van der Waals surface area contributed by atoms with Crippen LogP contribution in [0.5, 0.6) is 0 Å². The smallest absolute Gasteiger partial charge is 0.266 e. The minimum Gasteiger partial charge on any atom is -0.771 e. The molecule has 0 saturated carbocycles. The number of hydrogen-bond acceptors (Lipinski definition) is 5. The van der Waals surface area contributed by atoms with Crippen molar-refractivity contribution in [2.75, 3.05) is 12.3 Å². The van der Waals surface area contributed by atoms with Crippen molar-refractivity contribution in [2.45, 2.75) is 10.6 Å². The van der Waals surface area contributed by atoms with E-state index in [2.05, 4.69) is 21.2 Å². The van der Waals surface area contributed by atoms with Crippen molar-refractivity contribution in [2.24, 2.45) is 0 Å². The van der Waals surface area contributed by atoms with Crippen molar-refractivity contribution in [3.8, 4) is 0 Å². The predicted octanol–water partition coefficient (Wildman–Crippen LogP) is 0.426. The first-order valence-corrected chi connectivity index (χ1v) is 9.14. The standard InChI is InChI=1S/C11H14BrNO6S2/c1-8-2-4-9(5-3-8)11(12,20(15)16)10(14)13-6-7-21(17,18)19/h2-5H,6-7H2,1H3,(H,13,14)(H,15,16)(H,17,18,19)/p-1. The highest BCUT2D eigenvalue weighted by atomic mass is 79.9. The lowest BCUT2D eigenvalue weighted by molar-refractivity contribution is -0.121. The highest BCUT2D eigenvalue weighted by Crippen LogP contribution is 2.34. The predicted molar refractivity (Wildman–Crippen MR) is 80.1 cm³/mol. The lowest BCUT2D eigenvalue weighted by Gasteiger charge is -2.29. The van der Waals surface area contributed by atoms with Crippen LogP contribution in [0.15, 0.2) is 24.3 Å². The van der Waals surface area contributed by atoms with Crippen LogP contribution in [0.2, 0.25) is 0 Å². The lowest BCUT2D eigenvalue weighted by atomic mass is 10.1. The van der Waals surface area contributed by atoms with Crippen LogP contribution >= 0.6 is 15.9 Å². The largest absolute Gasteiger partial charge is 0.771 e. The van der Waals surface area contributed by atoms with Crippen LogP contribution < -0.4 is 5.32 Å². The second-order valence-electron chi connectivity index (χ2n) is 4.24. The first-order valence-electron chi connectivity index (χ1n) is 5.66. The highest BCUT2D eigenvalue weighted by molar-refractivity contribution is 9.11. The van der Waals surface area contributed by atoms with E-state index in [0.717, 1.165) is 5.56 Å². The van der Waals surface area contributed by atoms with Crippen molar-refractivity contribution in [1.82, 2.24) is 5.32 Å². The van der Waals surface area contributed by atoms with E-state index in [9.17, 15) is 22.0 Å². The van der Waals surface area contributed by atoms with Gasteiger partial charge < -0.3 is 9.87 Å². The van der Waals surface area contributed by atoms with E-state index in [4.69, 9.17) is 4.55 Å². The van der Waals surface area contributed by atoms with Gasteiger partial charge >= 0.3 is 0 Å². The Hall–Kier alpha value is -0.810. The van der Waals surface area contributed by atoms with Crippen LogP contribution in [-0.2, 0) is 29.6 Å². The molecule has 7 nitrogen and oxygen atoms in total. The Labute approximate surface area is 133 Å². The normalized spacial score (nSPS) is 16.0. The Kier molecular flexibility index (Phi) is 6.05. The number of rotatable bonds is 6. The Bertz CT molecular complexity index is 645. The van der Waals surface area contributed by atoms with Gasteiger partial charge in [-0.25, -0.2) is 0 Å². The molecule has 2 unspecified atom stereocenters. The zero-order valence-corrected chi connectivity index (χ0v) is 14.1. The molecule has 1 aromatic carbocycles. The zero-order chi connectivity index (χ0) is 16.3. The quantitative estimate of drug-likeness (QED) is 0.406. The average Bonchev–Trinajstić information content (AvgIpc) is 2.36. The zero-order valence-electron chi connectivity index (χ0n) is 10.9. The van der Waals surface area contributed by atoms with E-state index in [-0.39, 0.29) is 5.56 Å². The maximum absolute atomic E-state index is 12.1. The third kappa shape index (κ3) is 4.85. The van der Waals surface area contributed by atoms with Gasteiger partial charge in [-0.2, -0.15) is 8.42 Å². The Morgan fingerprint density at radius 1 is 1.43 bits per heavy atom. The van der Waals surface area contributed by atoms with E-state index < -0.39 is 43.1 Å². The minimum atomic E-state index is -4.24. The Balaban J connectivity index is 2.97. The second kappa shape index (κ2) is 6.97. The van der Waals surface area contributed by atoms with Crippen molar-refractivity contribution in [3.63, 3.8) is 0 Å². The first kappa shape index (κ1) is 18.2. The molecule has 0 saturated heterocycles. The van der Waals surface area contributed by atoms with Gasteiger partial charge in [-0.05, 0) is 23.6 Å². The summed E-state index contributed by atoms with van der Waals surface area (Å²) in [7, 11) is -4.24. The summed E-state index contributed by atoms with van der Waals surface area (Å²) in [5, 5.41) is 2.16. The van der Waals surface area contributed by atoms with E-state index in [1.165, 1.54) is 12.1 Å². The lowest BCUT2D eigenvalue weighted by Crippen LogP contribution is -2.44. The molecule has 0 bridgehead atoms. The summed E-state index contributed by atoms with van der Waals surface area (Å²) < 4.78 is 50.6. The summed E-state index contributed by atoms with van der Waals surface area (Å²) in [4.78, 5) is 12.1. The van der Waals surface area contributed by atoms with Crippen molar-refractivity contribution in [3.05, 3.63) is 35.4 Å². The third-order valence-corrected chi connectivity index (χ3v) is 5.80. The molecule has 21 heavy (non-hydrogen) atoms. The van der Waals surface area contributed by atoms with Gasteiger partial charge in [0.05, 0.1) is 5.75 Å².